The molecule has 0 saturated heterocycles. The molecule has 0 bridgehead atoms. The summed E-state index contributed by atoms with van der Waals surface area (Å²) in [5.41, 5.74) is 0.417. The predicted molar refractivity (Wildman–Crippen MR) is 115 cm³/mol. The van der Waals surface area contributed by atoms with E-state index in [1.807, 2.05) is 18.4 Å². The molecule has 0 radical (unpaired) electrons. The number of anilines is 1. The number of carbonyl (C=O) groups excluding carboxylic acids is 3. The van der Waals surface area contributed by atoms with E-state index in [9.17, 15) is 14.4 Å². The zero-order chi connectivity index (χ0) is 21.8. The van der Waals surface area contributed by atoms with Crippen molar-refractivity contribution in [3.8, 4) is 0 Å². The van der Waals surface area contributed by atoms with Gasteiger partial charge in [-0.25, -0.2) is 4.79 Å². The fourth-order valence-corrected chi connectivity index (χ4v) is 3.55. The topological polar surface area (TPSA) is 96.5 Å². The molecule has 0 aliphatic carbocycles. The molecular weight excluding hydrogens is 390 g/mol. The van der Waals surface area contributed by atoms with Crippen LogP contribution in [0.15, 0.2) is 23.1 Å². The highest BCUT2D eigenvalue weighted by Gasteiger charge is 2.30. The lowest BCUT2D eigenvalue weighted by Crippen LogP contribution is -2.51. The third-order valence-electron chi connectivity index (χ3n) is 4.37. The van der Waals surface area contributed by atoms with Crippen LogP contribution in [0.3, 0.4) is 0 Å². The number of hydrogen-bond acceptors (Lipinski definition) is 5. The van der Waals surface area contributed by atoms with Crippen molar-refractivity contribution in [1.82, 2.24) is 10.6 Å². The summed E-state index contributed by atoms with van der Waals surface area (Å²) < 4.78 is 5.25. The Balaban J connectivity index is 1.94. The molecule has 1 heterocycles. The number of benzene rings is 1. The first kappa shape index (κ1) is 23.1. The lowest BCUT2D eigenvalue weighted by atomic mass is 9.99. The Morgan fingerprint density at radius 3 is 2.55 bits per heavy atom. The van der Waals surface area contributed by atoms with Crippen LogP contribution in [0.25, 0.3) is 0 Å². The average Bonchev–Trinajstić information content (AvgIpc) is 2.70. The highest BCUT2D eigenvalue weighted by atomic mass is 32.2. The molecule has 7 nitrogen and oxygen atoms in total. The lowest BCUT2D eigenvalue weighted by Gasteiger charge is -2.28. The molecule has 1 aliphatic rings. The van der Waals surface area contributed by atoms with Crippen LogP contribution >= 0.6 is 11.8 Å². The summed E-state index contributed by atoms with van der Waals surface area (Å²) in [6.07, 6.45) is 2.66. The summed E-state index contributed by atoms with van der Waals surface area (Å²) >= 11 is 1.65. The average molecular weight is 422 g/mol. The number of hydrogen-bond donors (Lipinski definition) is 3. The van der Waals surface area contributed by atoms with Gasteiger partial charge in [-0.3, -0.25) is 9.59 Å². The highest BCUT2D eigenvalue weighted by Crippen LogP contribution is 2.27. The summed E-state index contributed by atoms with van der Waals surface area (Å²) in [7, 11) is 0. The summed E-state index contributed by atoms with van der Waals surface area (Å²) in [5, 5.41) is 8.41. The van der Waals surface area contributed by atoms with Gasteiger partial charge in [-0.15, -0.1) is 11.8 Å². The molecule has 0 aromatic heterocycles. The third kappa shape index (κ3) is 7.27. The summed E-state index contributed by atoms with van der Waals surface area (Å²) in [6.45, 7) is 8.80. The number of rotatable bonds is 5. The zero-order valence-electron chi connectivity index (χ0n) is 18.0. The molecule has 3 N–H and O–H groups in total. The van der Waals surface area contributed by atoms with Crippen LogP contribution in [0.1, 0.15) is 53.0 Å². The lowest BCUT2D eigenvalue weighted by molar-refractivity contribution is -0.127. The number of nitrogens with one attached hydrogen (secondary N) is 3. The first-order valence-corrected chi connectivity index (χ1v) is 10.9. The Bertz CT molecular complexity index is 787. The Labute approximate surface area is 176 Å². The van der Waals surface area contributed by atoms with Gasteiger partial charge in [0, 0.05) is 22.5 Å². The largest absolute Gasteiger partial charge is 0.444 e. The van der Waals surface area contributed by atoms with Crippen LogP contribution in [0.4, 0.5) is 10.5 Å². The van der Waals surface area contributed by atoms with Crippen LogP contribution in [0.5, 0.6) is 0 Å². The monoisotopic (exact) mass is 421 g/mol. The minimum atomic E-state index is -0.816. The first-order chi connectivity index (χ1) is 13.4. The fraction of sp³-hybridized carbons (Fsp3) is 0.571. The third-order valence-corrected chi connectivity index (χ3v) is 5.09. The Kier molecular flexibility index (Phi) is 7.21. The van der Waals surface area contributed by atoms with Gasteiger partial charge in [-0.05, 0) is 77.5 Å². The second-order valence-electron chi connectivity index (χ2n) is 8.86. The number of alkyl carbamates (subject to hydrolysis) is 1. The van der Waals surface area contributed by atoms with Gasteiger partial charge in [-0.1, -0.05) is 0 Å². The van der Waals surface area contributed by atoms with Crippen molar-refractivity contribution in [2.45, 2.75) is 76.0 Å². The summed E-state index contributed by atoms with van der Waals surface area (Å²) in [4.78, 5) is 38.2. The van der Waals surface area contributed by atoms with E-state index >= 15 is 0 Å². The van der Waals surface area contributed by atoms with Crippen molar-refractivity contribution >= 4 is 35.4 Å². The second kappa shape index (κ2) is 9.07. The normalized spacial score (nSPS) is 16.9. The SMILES string of the molecule is CSc1ccc2c(c1)CCC(NC(=O)CC(C)(C)NC(=O)OC(C)(C)C)C(=O)N2. The number of amides is 3. The van der Waals surface area contributed by atoms with Crippen molar-refractivity contribution in [3.05, 3.63) is 23.8 Å². The molecule has 1 atom stereocenters. The van der Waals surface area contributed by atoms with Gasteiger partial charge in [0.15, 0.2) is 0 Å². The van der Waals surface area contributed by atoms with Crippen LogP contribution < -0.4 is 16.0 Å². The molecular formula is C21H31N3O4S. The van der Waals surface area contributed by atoms with Crippen molar-refractivity contribution < 1.29 is 19.1 Å². The number of aryl methyl sites for hydroxylation is 1. The smallest absolute Gasteiger partial charge is 0.408 e. The molecule has 3 amide bonds. The molecule has 0 fully saturated rings. The molecule has 29 heavy (non-hydrogen) atoms. The maximum atomic E-state index is 12.5. The number of carbonyl (C=O) groups is 3. The van der Waals surface area contributed by atoms with Gasteiger partial charge in [-0.2, -0.15) is 0 Å². The maximum absolute atomic E-state index is 12.5. The van der Waals surface area contributed by atoms with E-state index in [1.54, 1.807) is 46.4 Å². The van der Waals surface area contributed by atoms with Gasteiger partial charge >= 0.3 is 6.09 Å². The molecule has 1 aromatic carbocycles. The fourth-order valence-electron chi connectivity index (χ4n) is 3.09. The van der Waals surface area contributed by atoms with E-state index in [0.29, 0.717) is 12.8 Å². The van der Waals surface area contributed by atoms with E-state index in [-0.39, 0.29) is 18.2 Å². The van der Waals surface area contributed by atoms with Gasteiger partial charge in [0.25, 0.3) is 0 Å². The molecule has 2 rings (SSSR count). The maximum Gasteiger partial charge on any atom is 0.408 e. The molecule has 1 aromatic rings. The van der Waals surface area contributed by atoms with Crippen LogP contribution in [-0.4, -0.2) is 41.3 Å². The van der Waals surface area contributed by atoms with Crippen molar-refractivity contribution in [2.75, 3.05) is 11.6 Å². The van der Waals surface area contributed by atoms with Crippen LogP contribution in [-0.2, 0) is 20.7 Å². The highest BCUT2D eigenvalue weighted by molar-refractivity contribution is 7.98. The van der Waals surface area contributed by atoms with Gasteiger partial charge in [0.05, 0.1) is 0 Å². The predicted octanol–water partition coefficient (Wildman–Crippen LogP) is 3.47. The molecule has 160 valence electrons. The first-order valence-electron chi connectivity index (χ1n) is 9.67. The van der Waals surface area contributed by atoms with Crippen molar-refractivity contribution in [2.24, 2.45) is 0 Å². The zero-order valence-corrected chi connectivity index (χ0v) is 18.8. The van der Waals surface area contributed by atoms with Gasteiger partial charge in [0.2, 0.25) is 11.8 Å². The van der Waals surface area contributed by atoms with E-state index < -0.39 is 23.3 Å². The standard InChI is InChI=1S/C21H31N3O4S/c1-20(2,3)28-19(27)24-21(4,5)12-17(25)22-16-9-7-13-11-14(29-6)8-10-15(13)23-18(16)26/h8,10-11,16H,7,9,12H2,1-6H3,(H,22,25)(H,23,26)(H,24,27). The van der Waals surface area contributed by atoms with Crippen LogP contribution in [0, 0.1) is 0 Å². The minimum Gasteiger partial charge on any atom is -0.444 e. The summed E-state index contributed by atoms with van der Waals surface area (Å²) in [5.74, 6) is -0.533. The number of ether oxygens (including phenoxy) is 1. The Hall–Kier alpha value is -2.22. The second-order valence-corrected chi connectivity index (χ2v) is 9.74. The van der Waals surface area contributed by atoms with Gasteiger partial charge < -0.3 is 20.7 Å². The van der Waals surface area contributed by atoms with E-state index in [2.05, 4.69) is 22.0 Å². The molecule has 1 unspecified atom stereocenters. The Morgan fingerprint density at radius 1 is 1.24 bits per heavy atom. The van der Waals surface area contributed by atoms with E-state index in [0.717, 1.165) is 16.1 Å². The molecule has 0 saturated carbocycles. The Morgan fingerprint density at radius 2 is 1.93 bits per heavy atom. The quantitative estimate of drug-likeness (QED) is 0.633. The number of thioether (sulfide) groups is 1. The minimum absolute atomic E-state index is 0.0274. The van der Waals surface area contributed by atoms with E-state index in [1.165, 1.54) is 0 Å². The molecule has 1 aliphatic heterocycles. The van der Waals surface area contributed by atoms with Crippen LogP contribution in [0.2, 0.25) is 0 Å². The molecule has 0 spiro atoms. The van der Waals surface area contributed by atoms with Gasteiger partial charge in [0.1, 0.15) is 11.6 Å². The van der Waals surface area contributed by atoms with Crippen molar-refractivity contribution in [1.29, 1.82) is 0 Å². The summed E-state index contributed by atoms with van der Waals surface area (Å²) in [6, 6.07) is 5.31. The van der Waals surface area contributed by atoms with Crippen molar-refractivity contribution in [3.63, 3.8) is 0 Å². The van der Waals surface area contributed by atoms with E-state index in [4.69, 9.17) is 4.74 Å². The number of fused-ring (bicyclic) bond motifs is 1. The molecule has 8 heteroatoms.